The van der Waals surface area contributed by atoms with Gasteiger partial charge in [0, 0.05) is 6.42 Å². The molecule has 24 heavy (non-hydrogen) atoms. The Bertz CT molecular complexity index is 867. The number of hydrogen-bond acceptors (Lipinski definition) is 6. The lowest BCUT2D eigenvalue weighted by Gasteiger charge is -2.03. The summed E-state index contributed by atoms with van der Waals surface area (Å²) >= 11 is 14.7. The van der Waals surface area contributed by atoms with Crippen LogP contribution in [0.3, 0.4) is 0 Å². The second-order valence-corrected chi connectivity index (χ2v) is 8.03. The molecular weight excluding hydrogens is 387 g/mol. The molecule has 0 aliphatic rings. The standard InChI is InChI=1S/C15H12Cl2N4OS2/c1-7-6-23-14(17)13(7)21-15(22)10-5-18-12(24-10)4-9-3-11(16)20-8(2)19-9/h3,5-6H,4H2,1-2H3,(H,21,22). The number of aryl methyl sites for hydroxylation is 2. The van der Waals surface area contributed by atoms with Crippen molar-refractivity contribution in [2.75, 3.05) is 5.32 Å². The Balaban J connectivity index is 1.74. The summed E-state index contributed by atoms with van der Waals surface area (Å²) in [4.78, 5) is 25.5. The van der Waals surface area contributed by atoms with E-state index < -0.39 is 0 Å². The number of carbonyl (C=O) groups is 1. The Labute approximate surface area is 156 Å². The molecule has 3 aromatic heterocycles. The second kappa shape index (κ2) is 7.14. The lowest BCUT2D eigenvalue weighted by Crippen LogP contribution is -2.10. The minimum atomic E-state index is -0.223. The first-order chi connectivity index (χ1) is 11.4. The van der Waals surface area contributed by atoms with Gasteiger partial charge in [-0.2, -0.15) is 0 Å². The van der Waals surface area contributed by atoms with Crippen LogP contribution in [0, 0.1) is 13.8 Å². The monoisotopic (exact) mass is 398 g/mol. The predicted octanol–water partition coefficient (Wildman–Crippen LogP) is 4.76. The molecule has 0 fully saturated rings. The van der Waals surface area contributed by atoms with Gasteiger partial charge < -0.3 is 5.32 Å². The highest BCUT2D eigenvalue weighted by molar-refractivity contribution is 7.15. The average molecular weight is 399 g/mol. The van der Waals surface area contributed by atoms with Gasteiger partial charge in [-0.1, -0.05) is 23.2 Å². The topological polar surface area (TPSA) is 67.8 Å². The fourth-order valence-corrected chi connectivity index (χ4v) is 4.20. The number of amides is 1. The second-order valence-electron chi connectivity index (χ2n) is 5.05. The maximum atomic E-state index is 12.3. The van der Waals surface area contributed by atoms with Gasteiger partial charge in [0.2, 0.25) is 0 Å². The number of nitrogens with one attached hydrogen (secondary N) is 1. The number of thiazole rings is 1. The minimum absolute atomic E-state index is 0.223. The van der Waals surface area contributed by atoms with Crippen LogP contribution >= 0.6 is 45.9 Å². The Morgan fingerprint density at radius 2 is 2.08 bits per heavy atom. The van der Waals surface area contributed by atoms with Gasteiger partial charge in [0.25, 0.3) is 5.91 Å². The molecule has 3 rings (SSSR count). The van der Waals surface area contributed by atoms with Crippen molar-refractivity contribution in [3.05, 3.63) is 54.1 Å². The number of thiophene rings is 1. The van der Waals surface area contributed by atoms with Crippen LogP contribution in [0.25, 0.3) is 0 Å². The molecule has 0 aliphatic heterocycles. The van der Waals surface area contributed by atoms with Crippen LogP contribution in [0.15, 0.2) is 17.6 Å². The van der Waals surface area contributed by atoms with E-state index in [0.29, 0.717) is 32.3 Å². The summed E-state index contributed by atoms with van der Waals surface area (Å²) in [5.41, 5.74) is 2.36. The number of anilines is 1. The molecular formula is C15H12Cl2N4OS2. The zero-order chi connectivity index (χ0) is 17.3. The van der Waals surface area contributed by atoms with Gasteiger partial charge >= 0.3 is 0 Å². The number of hydrogen-bond donors (Lipinski definition) is 1. The lowest BCUT2D eigenvalue weighted by atomic mass is 10.3. The van der Waals surface area contributed by atoms with Crippen LogP contribution in [0.5, 0.6) is 0 Å². The highest BCUT2D eigenvalue weighted by Crippen LogP contribution is 2.33. The van der Waals surface area contributed by atoms with E-state index in [1.807, 2.05) is 12.3 Å². The first kappa shape index (κ1) is 17.3. The molecule has 0 bridgehead atoms. The molecule has 0 saturated carbocycles. The highest BCUT2D eigenvalue weighted by Gasteiger charge is 2.15. The fourth-order valence-electron chi connectivity index (χ4n) is 2.07. The SMILES string of the molecule is Cc1nc(Cl)cc(Cc2ncc(C(=O)Nc3c(C)csc3Cl)s2)n1. The molecule has 0 radical (unpaired) electrons. The smallest absolute Gasteiger partial charge is 0.267 e. The minimum Gasteiger partial charge on any atom is -0.319 e. The van der Waals surface area contributed by atoms with Crippen molar-refractivity contribution in [1.29, 1.82) is 0 Å². The van der Waals surface area contributed by atoms with Crippen molar-refractivity contribution in [3.63, 3.8) is 0 Å². The van der Waals surface area contributed by atoms with Crippen LogP contribution in [0.4, 0.5) is 5.69 Å². The van der Waals surface area contributed by atoms with Crippen LogP contribution in [-0.2, 0) is 6.42 Å². The van der Waals surface area contributed by atoms with Crippen molar-refractivity contribution >= 4 is 57.5 Å². The molecule has 5 nitrogen and oxygen atoms in total. The Kier molecular flexibility index (Phi) is 5.15. The number of halogens is 2. The molecule has 0 unspecified atom stereocenters. The van der Waals surface area contributed by atoms with Gasteiger partial charge in [-0.15, -0.1) is 22.7 Å². The van der Waals surface area contributed by atoms with Crippen molar-refractivity contribution in [1.82, 2.24) is 15.0 Å². The van der Waals surface area contributed by atoms with E-state index in [9.17, 15) is 4.79 Å². The lowest BCUT2D eigenvalue weighted by molar-refractivity contribution is 0.103. The van der Waals surface area contributed by atoms with Crippen LogP contribution in [0.2, 0.25) is 9.49 Å². The Morgan fingerprint density at radius 3 is 2.75 bits per heavy atom. The fraction of sp³-hybridized carbons (Fsp3) is 0.200. The molecule has 0 atom stereocenters. The van der Waals surface area contributed by atoms with Crippen molar-refractivity contribution < 1.29 is 4.79 Å². The van der Waals surface area contributed by atoms with E-state index in [1.54, 1.807) is 19.2 Å². The van der Waals surface area contributed by atoms with Gasteiger partial charge in [-0.05, 0) is 30.9 Å². The molecule has 124 valence electrons. The largest absolute Gasteiger partial charge is 0.319 e. The zero-order valence-corrected chi connectivity index (χ0v) is 15.9. The maximum absolute atomic E-state index is 12.3. The molecule has 1 amide bonds. The number of nitrogens with zero attached hydrogens (tertiary/aromatic N) is 3. The quantitative estimate of drug-likeness (QED) is 0.643. The van der Waals surface area contributed by atoms with Gasteiger partial charge in [-0.25, -0.2) is 15.0 Å². The summed E-state index contributed by atoms with van der Waals surface area (Å²) in [7, 11) is 0. The first-order valence-corrected chi connectivity index (χ1v) is 9.37. The Hall–Kier alpha value is -1.54. The predicted molar refractivity (Wildman–Crippen MR) is 98.7 cm³/mol. The van der Waals surface area contributed by atoms with Crippen molar-refractivity contribution in [3.8, 4) is 0 Å². The molecule has 1 N–H and O–H groups in total. The van der Waals surface area contributed by atoms with Gasteiger partial charge in [0.1, 0.15) is 20.2 Å². The summed E-state index contributed by atoms with van der Waals surface area (Å²) < 4.78 is 0.566. The molecule has 3 heterocycles. The normalized spacial score (nSPS) is 10.8. The van der Waals surface area contributed by atoms with Crippen LogP contribution < -0.4 is 5.32 Å². The zero-order valence-electron chi connectivity index (χ0n) is 12.8. The Morgan fingerprint density at radius 1 is 1.29 bits per heavy atom. The number of aromatic nitrogens is 3. The van der Waals surface area contributed by atoms with E-state index in [1.165, 1.54) is 22.7 Å². The highest BCUT2D eigenvalue weighted by atomic mass is 35.5. The van der Waals surface area contributed by atoms with E-state index in [0.717, 1.165) is 16.3 Å². The molecule has 3 aromatic rings. The van der Waals surface area contributed by atoms with Gasteiger partial charge in [0.15, 0.2) is 0 Å². The van der Waals surface area contributed by atoms with Crippen molar-refractivity contribution in [2.24, 2.45) is 0 Å². The van der Waals surface area contributed by atoms with Gasteiger partial charge in [-0.3, -0.25) is 4.79 Å². The first-order valence-electron chi connectivity index (χ1n) is 6.92. The maximum Gasteiger partial charge on any atom is 0.267 e. The van der Waals surface area contributed by atoms with E-state index in [2.05, 4.69) is 20.3 Å². The summed E-state index contributed by atoms with van der Waals surface area (Å²) in [5.74, 6) is 0.383. The number of carbonyl (C=O) groups excluding carboxylic acids is 1. The molecule has 0 aromatic carbocycles. The summed E-state index contributed by atoms with van der Waals surface area (Å²) in [6, 6.07) is 1.70. The summed E-state index contributed by atoms with van der Waals surface area (Å²) in [6.07, 6.45) is 2.06. The average Bonchev–Trinajstić information content (AvgIpc) is 3.08. The third kappa shape index (κ3) is 3.92. The van der Waals surface area contributed by atoms with Crippen LogP contribution in [0.1, 0.15) is 31.8 Å². The van der Waals surface area contributed by atoms with E-state index in [-0.39, 0.29) is 5.91 Å². The summed E-state index contributed by atoms with van der Waals surface area (Å²) in [6.45, 7) is 3.68. The van der Waals surface area contributed by atoms with E-state index in [4.69, 9.17) is 23.2 Å². The third-order valence-corrected chi connectivity index (χ3v) is 5.67. The molecule has 0 aliphatic carbocycles. The third-order valence-electron chi connectivity index (χ3n) is 3.14. The van der Waals surface area contributed by atoms with Crippen molar-refractivity contribution in [2.45, 2.75) is 20.3 Å². The van der Waals surface area contributed by atoms with E-state index >= 15 is 0 Å². The summed E-state index contributed by atoms with van der Waals surface area (Å²) in [5, 5.41) is 5.91. The molecule has 0 spiro atoms. The molecule has 9 heteroatoms. The molecule has 0 saturated heterocycles. The number of rotatable bonds is 4. The van der Waals surface area contributed by atoms with Gasteiger partial charge in [0.05, 0.1) is 22.6 Å². The van der Waals surface area contributed by atoms with Crippen LogP contribution in [-0.4, -0.2) is 20.9 Å².